The number of nitrogens with zero attached hydrogens (tertiary/aromatic N) is 3. The van der Waals surface area contributed by atoms with Gasteiger partial charge in [-0.05, 0) is 28.1 Å². The first-order chi connectivity index (χ1) is 6.61. The molecule has 5 heteroatoms. The van der Waals surface area contributed by atoms with Crippen LogP contribution in [0.5, 0.6) is 0 Å². The second-order valence-corrected chi connectivity index (χ2v) is 3.53. The molecule has 0 spiro atoms. The Bertz CT molecular complexity index is 348. The molecule has 1 rings (SSSR count). The quantitative estimate of drug-likeness (QED) is 0.435. The van der Waals surface area contributed by atoms with Gasteiger partial charge in [-0.25, -0.2) is 0 Å². The van der Waals surface area contributed by atoms with Gasteiger partial charge in [0, 0.05) is 26.5 Å². The van der Waals surface area contributed by atoms with Gasteiger partial charge in [0.1, 0.15) is 0 Å². The van der Waals surface area contributed by atoms with Gasteiger partial charge < -0.3 is 4.90 Å². The van der Waals surface area contributed by atoms with E-state index in [9.17, 15) is 4.79 Å². The molecule has 1 heterocycles. The summed E-state index contributed by atoms with van der Waals surface area (Å²) >= 11 is 3.17. The summed E-state index contributed by atoms with van der Waals surface area (Å²) in [6, 6.07) is 3.38. The summed E-state index contributed by atoms with van der Waals surface area (Å²) in [4.78, 5) is 20.8. The number of aliphatic imine (C=N–C) groups is 1. The van der Waals surface area contributed by atoms with E-state index in [0.717, 1.165) is 0 Å². The van der Waals surface area contributed by atoms with E-state index in [1.807, 2.05) is 0 Å². The maximum atomic E-state index is 11.5. The molecule has 0 fully saturated rings. The standard InChI is InChI=1S/C9H10BrN3O/c1-13(2)9(10)12-8(14)7-4-3-5-11-6-7/h3-6H,1-2H3/b12-9+. The topological polar surface area (TPSA) is 45.6 Å². The lowest BCUT2D eigenvalue weighted by Gasteiger charge is -2.07. The second kappa shape index (κ2) is 4.85. The van der Waals surface area contributed by atoms with Gasteiger partial charge in [-0.1, -0.05) is 0 Å². The van der Waals surface area contributed by atoms with Crippen LogP contribution < -0.4 is 0 Å². The van der Waals surface area contributed by atoms with Crippen molar-refractivity contribution in [3.05, 3.63) is 30.1 Å². The van der Waals surface area contributed by atoms with Gasteiger partial charge in [0.2, 0.25) is 0 Å². The van der Waals surface area contributed by atoms with E-state index < -0.39 is 0 Å². The van der Waals surface area contributed by atoms with Crippen molar-refractivity contribution in [3.63, 3.8) is 0 Å². The molecule has 74 valence electrons. The Morgan fingerprint density at radius 2 is 2.29 bits per heavy atom. The van der Waals surface area contributed by atoms with Crippen molar-refractivity contribution in [3.8, 4) is 0 Å². The van der Waals surface area contributed by atoms with Gasteiger partial charge in [0.15, 0.2) is 4.74 Å². The molecule has 0 atom stereocenters. The minimum Gasteiger partial charge on any atom is -0.357 e. The third-order valence-electron chi connectivity index (χ3n) is 1.47. The molecule has 0 aliphatic carbocycles. The summed E-state index contributed by atoms with van der Waals surface area (Å²) in [5.41, 5.74) is 0.478. The zero-order chi connectivity index (χ0) is 10.6. The van der Waals surface area contributed by atoms with Gasteiger partial charge in [0.05, 0.1) is 5.56 Å². The summed E-state index contributed by atoms with van der Waals surface area (Å²) < 4.78 is 0.492. The molecular formula is C9H10BrN3O. The maximum Gasteiger partial charge on any atom is 0.280 e. The minimum absolute atomic E-state index is 0.307. The van der Waals surface area contributed by atoms with Crippen molar-refractivity contribution in [1.82, 2.24) is 9.88 Å². The predicted octanol–water partition coefficient (Wildman–Crippen LogP) is 1.53. The monoisotopic (exact) mass is 255 g/mol. The molecular weight excluding hydrogens is 246 g/mol. The van der Waals surface area contributed by atoms with E-state index >= 15 is 0 Å². The Labute approximate surface area is 90.8 Å². The number of pyridine rings is 1. The Hall–Kier alpha value is -1.23. The third-order valence-corrected chi connectivity index (χ3v) is 2.36. The lowest BCUT2D eigenvalue weighted by molar-refractivity contribution is 0.100. The number of halogens is 1. The molecule has 0 aliphatic rings. The largest absolute Gasteiger partial charge is 0.357 e. The highest BCUT2D eigenvalue weighted by atomic mass is 79.9. The molecule has 0 radical (unpaired) electrons. The van der Waals surface area contributed by atoms with Gasteiger partial charge in [-0.2, -0.15) is 4.99 Å². The van der Waals surface area contributed by atoms with Crippen LogP contribution in [0.25, 0.3) is 0 Å². The van der Waals surface area contributed by atoms with Crippen LogP contribution in [0.15, 0.2) is 29.5 Å². The first kappa shape index (κ1) is 10.8. The maximum absolute atomic E-state index is 11.5. The lowest BCUT2D eigenvalue weighted by atomic mass is 10.3. The minimum atomic E-state index is -0.307. The highest BCUT2D eigenvalue weighted by Gasteiger charge is 2.05. The van der Waals surface area contributed by atoms with E-state index in [1.165, 1.54) is 6.20 Å². The van der Waals surface area contributed by atoms with E-state index in [4.69, 9.17) is 0 Å². The second-order valence-electron chi connectivity index (χ2n) is 2.82. The number of hydrogen-bond donors (Lipinski definition) is 0. The van der Waals surface area contributed by atoms with E-state index in [-0.39, 0.29) is 5.91 Å². The number of rotatable bonds is 1. The molecule has 0 aliphatic heterocycles. The predicted molar refractivity (Wildman–Crippen MR) is 58.6 cm³/mol. The number of carbonyl (C=O) groups excluding carboxylic acids is 1. The van der Waals surface area contributed by atoms with Crippen molar-refractivity contribution >= 4 is 26.6 Å². The van der Waals surface area contributed by atoms with Crippen LogP contribution in [0, 0.1) is 0 Å². The Morgan fingerprint density at radius 1 is 1.57 bits per heavy atom. The van der Waals surface area contributed by atoms with Crippen LogP contribution in [0.2, 0.25) is 0 Å². The molecule has 1 amide bonds. The van der Waals surface area contributed by atoms with Crippen molar-refractivity contribution < 1.29 is 4.79 Å². The highest BCUT2D eigenvalue weighted by molar-refractivity contribution is 9.18. The fourth-order valence-electron chi connectivity index (χ4n) is 0.738. The summed E-state index contributed by atoms with van der Waals surface area (Å²) in [5, 5.41) is 0. The fourth-order valence-corrected chi connectivity index (χ4v) is 0.899. The Balaban J connectivity index is 2.83. The van der Waals surface area contributed by atoms with Gasteiger partial charge in [0.25, 0.3) is 5.91 Å². The van der Waals surface area contributed by atoms with E-state index in [0.29, 0.717) is 10.3 Å². The van der Waals surface area contributed by atoms with E-state index in [1.54, 1.807) is 37.3 Å². The molecule has 0 saturated heterocycles. The first-order valence-corrected chi connectivity index (χ1v) is 4.76. The molecule has 0 aromatic carbocycles. The molecule has 0 bridgehead atoms. The van der Waals surface area contributed by atoms with Crippen molar-refractivity contribution in [2.75, 3.05) is 14.1 Å². The fraction of sp³-hybridized carbons (Fsp3) is 0.222. The van der Waals surface area contributed by atoms with Crippen molar-refractivity contribution in [2.45, 2.75) is 0 Å². The molecule has 1 aromatic rings. The Kier molecular flexibility index (Phi) is 3.76. The normalized spacial score (nSPS) is 11.2. The van der Waals surface area contributed by atoms with Crippen molar-refractivity contribution in [1.29, 1.82) is 0 Å². The number of amides is 1. The molecule has 1 aromatic heterocycles. The average molecular weight is 256 g/mol. The zero-order valence-corrected chi connectivity index (χ0v) is 9.52. The Morgan fingerprint density at radius 3 is 2.79 bits per heavy atom. The number of carbonyl (C=O) groups is 1. The number of hydrogen-bond acceptors (Lipinski definition) is 2. The molecule has 0 unspecified atom stereocenters. The SMILES string of the molecule is CN(C)/C(Br)=N/C(=O)c1cccnc1. The van der Waals surface area contributed by atoms with Crippen LogP contribution in [0.4, 0.5) is 0 Å². The average Bonchev–Trinajstić information content (AvgIpc) is 2.19. The molecule has 0 N–H and O–H groups in total. The summed E-state index contributed by atoms with van der Waals surface area (Å²) in [6.45, 7) is 0. The first-order valence-electron chi connectivity index (χ1n) is 3.97. The molecule has 0 saturated carbocycles. The van der Waals surface area contributed by atoms with Crippen LogP contribution >= 0.6 is 15.9 Å². The van der Waals surface area contributed by atoms with Crippen LogP contribution in [-0.4, -0.2) is 34.6 Å². The number of aromatic nitrogens is 1. The van der Waals surface area contributed by atoms with Crippen molar-refractivity contribution in [2.24, 2.45) is 4.99 Å². The third kappa shape index (κ3) is 2.92. The van der Waals surface area contributed by atoms with Gasteiger partial charge >= 0.3 is 0 Å². The van der Waals surface area contributed by atoms with Gasteiger partial charge in [-0.15, -0.1) is 0 Å². The summed E-state index contributed by atoms with van der Waals surface area (Å²) in [5.74, 6) is -0.307. The summed E-state index contributed by atoms with van der Waals surface area (Å²) in [6.07, 6.45) is 3.10. The zero-order valence-electron chi connectivity index (χ0n) is 7.94. The smallest absolute Gasteiger partial charge is 0.280 e. The van der Waals surface area contributed by atoms with Gasteiger partial charge in [-0.3, -0.25) is 9.78 Å². The number of amidine groups is 1. The van der Waals surface area contributed by atoms with Crippen LogP contribution in [0.1, 0.15) is 10.4 Å². The van der Waals surface area contributed by atoms with Crippen LogP contribution in [-0.2, 0) is 0 Å². The highest BCUT2D eigenvalue weighted by Crippen LogP contribution is 2.02. The van der Waals surface area contributed by atoms with E-state index in [2.05, 4.69) is 25.9 Å². The lowest BCUT2D eigenvalue weighted by Crippen LogP contribution is -2.17. The molecule has 4 nitrogen and oxygen atoms in total. The summed E-state index contributed by atoms with van der Waals surface area (Å²) in [7, 11) is 3.59. The molecule has 14 heavy (non-hydrogen) atoms. The van der Waals surface area contributed by atoms with Crippen LogP contribution in [0.3, 0.4) is 0 Å².